The van der Waals surface area contributed by atoms with Crippen LogP contribution in [0.3, 0.4) is 0 Å². The molecule has 2 aromatic carbocycles. The summed E-state index contributed by atoms with van der Waals surface area (Å²) in [7, 11) is 1.33. The highest BCUT2D eigenvalue weighted by Gasteiger charge is 2.26. The van der Waals surface area contributed by atoms with Crippen molar-refractivity contribution >= 4 is 17.6 Å². The van der Waals surface area contributed by atoms with E-state index in [0.717, 1.165) is 11.6 Å². The maximum Gasteiger partial charge on any atom is 0.345 e. The molecule has 0 aliphatic heterocycles. The molecule has 0 saturated heterocycles. The Balaban J connectivity index is 2.06. The van der Waals surface area contributed by atoms with Gasteiger partial charge >= 0.3 is 5.97 Å². The van der Waals surface area contributed by atoms with Crippen molar-refractivity contribution in [3.63, 3.8) is 0 Å². The molecule has 0 unspecified atom stereocenters. The van der Waals surface area contributed by atoms with Crippen LogP contribution in [0.1, 0.15) is 22.8 Å². The number of nitrogens with zero attached hydrogens (tertiary/aromatic N) is 1. The summed E-state index contributed by atoms with van der Waals surface area (Å²) in [6, 6.07) is 11.4. The van der Waals surface area contributed by atoms with E-state index < -0.39 is 29.1 Å². The maximum absolute atomic E-state index is 12.3. The summed E-state index contributed by atoms with van der Waals surface area (Å²) in [5.74, 6) is -1.26. The zero-order chi connectivity index (χ0) is 20.5. The molecule has 148 valence electrons. The molecule has 0 heterocycles. The number of hydrogen-bond acceptors (Lipinski definition) is 7. The van der Waals surface area contributed by atoms with Crippen LogP contribution in [-0.4, -0.2) is 37.1 Å². The van der Waals surface area contributed by atoms with E-state index in [1.54, 1.807) is 6.92 Å². The molecule has 0 aromatic heterocycles. The van der Waals surface area contributed by atoms with E-state index in [9.17, 15) is 19.7 Å². The molecule has 0 aliphatic carbocycles. The van der Waals surface area contributed by atoms with Crippen LogP contribution in [0.4, 0.5) is 5.69 Å². The van der Waals surface area contributed by atoms with Crippen LogP contribution < -0.4 is 14.8 Å². The molecular formula is C19H20N2O7. The lowest BCUT2D eigenvalue weighted by atomic mass is 10.1. The number of benzene rings is 2. The molecule has 28 heavy (non-hydrogen) atoms. The Morgan fingerprint density at radius 2 is 1.86 bits per heavy atom. The van der Waals surface area contributed by atoms with Crippen molar-refractivity contribution in [2.45, 2.75) is 13.5 Å². The van der Waals surface area contributed by atoms with E-state index in [1.807, 2.05) is 30.3 Å². The Labute approximate surface area is 161 Å². The lowest BCUT2D eigenvalue weighted by molar-refractivity contribution is -0.385. The van der Waals surface area contributed by atoms with Gasteiger partial charge in [0.15, 0.2) is 18.1 Å². The van der Waals surface area contributed by atoms with Crippen molar-refractivity contribution in [3.8, 4) is 11.5 Å². The first-order chi connectivity index (χ1) is 13.5. The first-order valence-corrected chi connectivity index (χ1v) is 8.43. The van der Waals surface area contributed by atoms with Gasteiger partial charge in [0.1, 0.15) is 5.56 Å². The fourth-order valence-corrected chi connectivity index (χ4v) is 2.35. The van der Waals surface area contributed by atoms with E-state index >= 15 is 0 Å². The maximum atomic E-state index is 12.3. The van der Waals surface area contributed by atoms with E-state index in [2.05, 4.69) is 5.32 Å². The smallest absolute Gasteiger partial charge is 0.345 e. The Morgan fingerprint density at radius 3 is 2.46 bits per heavy atom. The Morgan fingerprint density at radius 1 is 1.14 bits per heavy atom. The second-order valence-corrected chi connectivity index (χ2v) is 5.55. The summed E-state index contributed by atoms with van der Waals surface area (Å²) in [4.78, 5) is 34.7. The number of nitro benzene ring substituents is 1. The molecule has 0 fully saturated rings. The quantitative estimate of drug-likeness (QED) is 0.398. The van der Waals surface area contributed by atoms with E-state index in [0.29, 0.717) is 0 Å². The Kier molecular flexibility index (Phi) is 7.32. The highest BCUT2D eigenvalue weighted by Crippen LogP contribution is 2.35. The number of amides is 1. The fraction of sp³-hybridized carbons (Fsp3) is 0.263. The number of hydrogen-bond donors (Lipinski definition) is 1. The van der Waals surface area contributed by atoms with E-state index in [4.69, 9.17) is 14.2 Å². The minimum absolute atomic E-state index is 0.116. The molecular weight excluding hydrogens is 368 g/mol. The molecule has 1 N–H and O–H groups in total. The summed E-state index contributed by atoms with van der Waals surface area (Å²) in [5, 5.41) is 13.9. The van der Waals surface area contributed by atoms with Crippen LogP contribution in [0.5, 0.6) is 11.5 Å². The summed E-state index contributed by atoms with van der Waals surface area (Å²) in [6.07, 6.45) is 0. The van der Waals surface area contributed by atoms with Crippen LogP contribution in [0.25, 0.3) is 0 Å². The van der Waals surface area contributed by atoms with Gasteiger partial charge in [-0.05, 0) is 12.5 Å². The van der Waals surface area contributed by atoms with Crippen molar-refractivity contribution < 1.29 is 28.7 Å². The van der Waals surface area contributed by atoms with Gasteiger partial charge in [-0.2, -0.15) is 0 Å². The molecule has 2 rings (SSSR count). The third-order valence-corrected chi connectivity index (χ3v) is 3.67. The largest absolute Gasteiger partial charge is 0.493 e. The summed E-state index contributed by atoms with van der Waals surface area (Å²) in [6.45, 7) is 1.69. The van der Waals surface area contributed by atoms with Crippen molar-refractivity contribution in [2.75, 3.05) is 20.3 Å². The molecule has 0 saturated carbocycles. The number of ether oxygens (including phenoxy) is 3. The molecule has 0 atom stereocenters. The highest BCUT2D eigenvalue weighted by molar-refractivity contribution is 5.96. The number of rotatable bonds is 9. The average Bonchev–Trinajstić information content (AvgIpc) is 2.71. The summed E-state index contributed by atoms with van der Waals surface area (Å²) >= 11 is 0. The Hall–Kier alpha value is -3.62. The molecule has 2 aromatic rings. The van der Waals surface area contributed by atoms with Gasteiger partial charge in [0.25, 0.3) is 11.6 Å². The van der Waals surface area contributed by atoms with Crippen molar-refractivity contribution in [1.29, 1.82) is 0 Å². The molecule has 1 amide bonds. The Bertz CT molecular complexity index is 853. The number of esters is 1. The van der Waals surface area contributed by atoms with E-state index in [1.165, 1.54) is 13.2 Å². The van der Waals surface area contributed by atoms with Gasteiger partial charge < -0.3 is 19.5 Å². The third-order valence-electron chi connectivity index (χ3n) is 3.67. The standard InChI is InChI=1S/C19H20N2O7/c1-3-27-17-9-14(15(21(24)25)10-16(17)26-2)19(23)28-12-18(22)20-11-13-7-5-4-6-8-13/h4-10H,3,11-12H2,1-2H3,(H,20,22). The van der Waals surface area contributed by atoms with Gasteiger partial charge in [0, 0.05) is 12.6 Å². The molecule has 0 spiro atoms. The number of nitrogens with one attached hydrogen (secondary N) is 1. The second kappa shape index (κ2) is 9.91. The van der Waals surface area contributed by atoms with Crippen LogP contribution in [0.15, 0.2) is 42.5 Å². The average molecular weight is 388 g/mol. The SMILES string of the molecule is CCOc1cc(C(=O)OCC(=O)NCc2ccccc2)c([N+](=O)[O-])cc1OC. The van der Waals surface area contributed by atoms with Gasteiger partial charge in [-0.25, -0.2) is 4.79 Å². The molecule has 9 heteroatoms. The van der Waals surface area contributed by atoms with Crippen LogP contribution in [-0.2, 0) is 16.1 Å². The number of methoxy groups -OCH3 is 1. The zero-order valence-corrected chi connectivity index (χ0v) is 15.5. The van der Waals surface area contributed by atoms with Gasteiger partial charge in [0.05, 0.1) is 24.7 Å². The van der Waals surface area contributed by atoms with Gasteiger partial charge in [-0.15, -0.1) is 0 Å². The number of nitro groups is 1. The monoisotopic (exact) mass is 388 g/mol. The van der Waals surface area contributed by atoms with Gasteiger partial charge in [-0.3, -0.25) is 14.9 Å². The highest BCUT2D eigenvalue weighted by atomic mass is 16.6. The normalized spacial score (nSPS) is 10.1. The second-order valence-electron chi connectivity index (χ2n) is 5.55. The molecule has 0 bridgehead atoms. The van der Waals surface area contributed by atoms with Crippen LogP contribution in [0, 0.1) is 10.1 Å². The predicted molar refractivity (Wildman–Crippen MR) is 99.4 cm³/mol. The molecule has 0 radical (unpaired) electrons. The number of carbonyl (C=O) groups excluding carboxylic acids is 2. The minimum atomic E-state index is -1.01. The van der Waals surface area contributed by atoms with Crippen molar-refractivity contribution in [3.05, 3.63) is 63.7 Å². The number of carbonyl (C=O) groups is 2. The predicted octanol–water partition coefficient (Wildman–Crippen LogP) is 2.48. The van der Waals surface area contributed by atoms with Gasteiger partial charge in [-0.1, -0.05) is 30.3 Å². The lowest BCUT2D eigenvalue weighted by Crippen LogP contribution is -2.28. The topological polar surface area (TPSA) is 117 Å². The van der Waals surface area contributed by atoms with Crippen molar-refractivity contribution in [2.24, 2.45) is 0 Å². The van der Waals surface area contributed by atoms with Crippen LogP contribution >= 0.6 is 0 Å². The first kappa shape index (κ1) is 20.7. The van der Waals surface area contributed by atoms with E-state index in [-0.39, 0.29) is 30.2 Å². The zero-order valence-electron chi connectivity index (χ0n) is 15.5. The van der Waals surface area contributed by atoms with Crippen molar-refractivity contribution in [1.82, 2.24) is 5.32 Å². The van der Waals surface area contributed by atoms with Gasteiger partial charge in [0.2, 0.25) is 0 Å². The molecule has 0 aliphatic rings. The summed E-state index contributed by atoms with van der Waals surface area (Å²) in [5.41, 5.74) is 0.0504. The lowest BCUT2D eigenvalue weighted by Gasteiger charge is -2.12. The minimum Gasteiger partial charge on any atom is -0.493 e. The summed E-state index contributed by atoms with van der Waals surface area (Å²) < 4.78 is 15.3. The third kappa shape index (κ3) is 5.44. The van der Waals surface area contributed by atoms with Crippen LogP contribution in [0.2, 0.25) is 0 Å². The first-order valence-electron chi connectivity index (χ1n) is 8.43. The fourth-order valence-electron chi connectivity index (χ4n) is 2.35. The molecule has 9 nitrogen and oxygen atoms in total.